The summed E-state index contributed by atoms with van der Waals surface area (Å²) in [5, 5.41) is 6.39. The van der Waals surface area contributed by atoms with Gasteiger partial charge in [0, 0.05) is 35.6 Å². The van der Waals surface area contributed by atoms with Crippen LogP contribution in [0.3, 0.4) is 0 Å². The summed E-state index contributed by atoms with van der Waals surface area (Å²) in [4.78, 5) is 1.47. The van der Waals surface area contributed by atoms with Gasteiger partial charge in [-0.25, -0.2) is 0 Å². The average Bonchev–Trinajstić information content (AvgIpc) is 2.89. The zero-order chi connectivity index (χ0) is 12.1. The van der Waals surface area contributed by atoms with Gasteiger partial charge in [-0.15, -0.1) is 11.3 Å². The van der Waals surface area contributed by atoms with E-state index < -0.39 is 0 Å². The highest BCUT2D eigenvalue weighted by Gasteiger charge is 2.23. The predicted molar refractivity (Wildman–Crippen MR) is 77.0 cm³/mol. The number of thioether (sulfide) groups is 1. The van der Waals surface area contributed by atoms with Gasteiger partial charge in [-0.3, -0.25) is 0 Å². The van der Waals surface area contributed by atoms with Crippen LogP contribution >= 0.6 is 23.1 Å². The van der Waals surface area contributed by atoms with Crippen molar-refractivity contribution in [1.29, 1.82) is 0 Å². The Bertz CT molecular complexity index is 340. The molecule has 0 aromatic carbocycles. The Balaban J connectivity index is 1.56. The molecule has 2 unspecified atom stereocenters. The molecule has 96 valence electrons. The third-order valence-electron chi connectivity index (χ3n) is 3.17. The molecule has 2 heterocycles. The average molecular weight is 271 g/mol. The molecule has 0 amide bonds. The van der Waals surface area contributed by atoms with E-state index >= 15 is 0 Å². The van der Waals surface area contributed by atoms with E-state index in [4.69, 9.17) is 4.74 Å². The van der Waals surface area contributed by atoms with E-state index in [2.05, 4.69) is 30.6 Å². The molecule has 17 heavy (non-hydrogen) atoms. The second-order valence-electron chi connectivity index (χ2n) is 4.48. The zero-order valence-corrected chi connectivity index (χ0v) is 12.2. The van der Waals surface area contributed by atoms with E-state index in [0.29, 0.717) is 11.4 Å². The van der Waals surface area contributed by atoms with E-state index in [0.717, 1.165) is 19.7 Å². The molecule has 0 aliphatic carbocycles. The van der Waals surface area contributed by atoms with Gasteiger partial charge in [0.05, 0.1) is 6.10 Å². The Hall–Kier alpha value is -0.0300. The first-order chi connectivity index (χ1) is 8.27. The van der Waals surface area contributed by atoms with Crippen molar-refractivity contribution in [1.82, 2.24) is 5.32 Å². The lowest BCUT2D eigenvalue weighted by molar-refractivity contribution is 0.127. The summed E-state index contributed by atoms with van der Waals surface area (Å²) >= 11 is 3.89. The molecule has 1 aliphatic heterocycles. The monoisotopic (exact) mass is 271 g/mol. The number of aryl methyl sites for hydroxylation is 1. The molecule has 2 nitrogen and oxygen atoms in total. The first-order valence-corrected chi connectivity index (χ1v) is 8.17. The molecular formula is C13H21NOS2. The van der Waals surface area contributed by atoms with Gasteiger partial charge in [0.25, 0.3) is 0 Å². The van der Waals surface area contributed by atoms with Gasteiger partial charge in [0.15, 0.2) is 0 Å². The largest absolute Gasteiger partial charge is 0.377 e. The number of hydrogen-bond acceptors (Lipinski definition) is 4. The molecule has 1 aromatic heterocycles. The van der Waals surface area contributed by atoms with Crippen molar-refractivity contribution in [2.45, 2.75) is 38.2 Å². The quantitative estimate of drug-likeness (QED) is 0.804. The van der Waals surface area contributed by atoms with E-state index in [1.165, 1.54) is 22.6 Å². The molecule has 0 bridgehead atoms. The SMILES string of the molecule is Cc1ccsc1CNCCSC1CCOC1C. The summed E-state index contributed by atoms with van der Waals surface area (Å²) in [6, 6.07) is 2.19. The van der Waals surface area contributed by atoms with Gasteiger partial charge in [0.1, 0.15) is 0 Å². The van der Waals surface area contributed by atoms with Crippen LogP contribution in [0.5, 0.6) is 0 Å². The van der Waals surface area contributed by atoms with Crippen molar-refractivity contribution in [2.75, 3.05) is 18.9 Å². The smallest absolute Gasteiger partial charge is 0.0666 e. The summed E-state index contributed by atoms with van der Waals surface area (Å²) < 4.78 is 5.56. The van der Waals surface area contributed by atoms with Crippen LogP contribution in [0.25, 0.3) is 0 Å². The molecule has 1 saturated heterocycles. The molecule has 2 rings (SSSR count). The molecule has 2 atom stereocenters. The molecule has 4 heteroatoms. The highest BCUT2D eigenvalue weighted by Crippen LogP contribution is 2.25. The predicted octanol–water partition coefficient (Wildman–Crippen LogP) is 3.06. The van der Waals surface area contributed by atoms with Crippen molar-refractivity contribution in [3.8, 4) is 0 Å². The van der Waals surface area contributed by atoms with Gasteiger partial charge in [-0.2, -0.15) is 11.8 Å². The van der Waals surface area contributed by atoms with Crippen LogP contribution in [0.4, 0.5) is 0 Å². The van der Waals surface area contributed by atoms with Crippen LogP contribution in [0, 0.1) is 6.92 Å². The number of thiophene rings is 1. The summed E-state index contributed by atoms with van der Waals surface area (Å²) in [6.45, 7) is 7.42. The fourth-order valence-electron chi connectivity index (χ4n) is 2.00. The lowest BCUT2D eigenvalue weighted by Gasteiger charge is -2.13. The van der Waals surface area contributed by atoms with Crippen LogP contribution in [-0.4, -0.2) is 30.3 Å². The number of ether oxygens (including phenoxy) is 1. The Morgan fingerprint density at radius 1 is 1.59 bits per heavy atom. The first-order valence-electron chi connectivity index (χ1n) is 6.24. The van der Waals surface area contributed by atoms with Crippen molar-refractivity contribution in [3.63, 3.8) is 0 Å². The first kappa shape index (κ1) is 13.4. The number of rotatable bonds is 6. The minimum Gasteiger partial charge on any atom is -0.377 e. The molecule has 0 spiro atoms. The Kier molecular flexibility index (Phi) is 5.35. The molecule has 1 N–H and O–H groups in total. The van der Waals surface area contributed by atoms with Crippen LogP contribution in [0.15, 0.2) is 11.4 Å². The third kappa shape index (κ3) is 3.98. The van der Waals surface area contributed by atoms with Gasteiger partial charge >= 0.3 is 0 Å². The Morgan fingerprint density at radius 3 is 3.12 bits per heavy atom. The van der Waals surface area contributed by atoms with Crippen LogP contribution in [0.2, 0.25) is 0 Å². The highest BCUT2D eigenvalue weighted by atomic mass is 32.2. The Labute approximate surface area is 112 Å². The minimum atomic E-state index is 0.444. The summed E-state index contributed by atoms with van der Waals surface area (Å²) in [7, 11) is 0. The summed E-state index contributed by atoms with van der Waals surface area (Å²) in [5.74, 6) is 1.18. The van der Waals surface area contributed by atoms with Crippen LogP contribution in [0.1, 0.15) is 23.8 Å². The number of hydrogen-bond donors (Lipinski definition) is 1. The molecular weight excluding hydrogens is 250 g/mol. The second kappa shape index (κ2) is 6.78. The van der Waals surface area contributed by atoms with E-state index in [1.807, 2.05) is 23.1 Å². The Morgan fingerprint density at radius 2 is 2.47 bits per heavy atom. The lowest BCUT2D eigenvalue weighted by Crippen LogP contribution is -2.20. The molecule has 0 saturated carbocycles. The summed E-state index contributed by atoms with van der Waals surface area (Å²) in [5.41, 5.74) is 1.41. The molecule has 1 aliphatic rings. The lowest BCUT2D eigenvalue weighted by atomic mass is 10.3. The fraction of sp³-hybridized carbons (Fsp3) is 0.692. The zero-order valence-electron chi connectivity index (χ0n) is 10.6. The van der Waals surface area contributed by atoms with Crippen molar-refractivity contribution in [3.05, 3.63) is 21.9 Å². The second-order valence-corrected chi connectivity index (χ2v) is 6.83. The summed E-state index contributed by atoms with van der Waals surface area (Å²) in [6.07, 6.45) is 1.66. The van der Waals surface area contributed by atoms with Crippen LogP contribution in [-0.2, 0) is 11.3 Å². The maximum atomic E-state index is 5.56. The van der Waals surface area contributed by atoms with E-state index in [9.17, 15) is 0 Å². The van der Waals surface area contributed by atoms with Crippen LogP contribution < -0.4 is 5.32 Å². The van der Waals surface area contributed by atoms with Gasteiger partial charge < -0.3 is 10.1 Å². The highest BCUT2D eigenvalue weighted by molar-refractivity contribution is 8.00. The fourth-order valence-corrected chi connectivity index (χ4v) is 4.05. The van der Waals surface area contributed by atoms with Gasteiger partial charge in [0.2, 0.25) is 0 Å². The van der Waals surface area contributed by atoms with Crippen molar-refractivity contribution >= 4 is 23.1 Å². The van der Waals surface area contributed by atoms with Crippen molar-refractivity contribution < 1.29 is 4.74 Å². The maximum Gasteiger partial charge on any atom is 0.0666 e. The normalized spacial score (nSPS) is 24.4. The number of nitrogens with one attached hydrogen (secondary N) is 1. The van der Waals surface area contributed by atoms with E-state index in [1.54, 1.807) is 0 Å². The van der Waals surface area contributed by atoms with E-state index in [-0.39, 0.29) is 0 Å². The maximum absolute atomic E-state index is 5.56. The molecule has 1 aromatic rings. The topological polar surface area (TPSA) is 21.3 Å². The van der Waals surface area contributed by atoms with Gasteiger partial charge in [-0.1, -0.05) is 0 Å². The van der Waals surface area contributed by atoms with Crippen molar-refractivity contribution in [2.24, 2.45) is 0 Å². The standard InChI is InChI=1S/C13H21NOS2/c1-10-4-7-16-13(10)9-14-5-8-17-12-3-6-15-11(12)2/h4,7,11-12,14H,3,5-6,8-9H2,1-2H3. The van der Waals surface area contributed by atoms with Gasteiger partial charge in [-0.05, 0) is 37.3 Å². The molecule has 0 radical (unpaired) electrons. The minimum absolute atomic E-state index is 0.444. The molecule has 1 fully saturated rings. The third-order valence-corrected chi connectivity index (χ3v) is 5.68.